The molecule has 0 saturated heterocycles. The highest BCUT2D eigenvalue weighted by molar-refractivity contribution is 9.10. The minimum absolute atomic E-state index is 0. The smallest absolute Gasteiger partial charge is 0.180 e. The third kappa shape index (κ3) is 3.11. The highest BCUT2D eigenvalue weighted by Gasteiger charge is 2.63. The highest BCUT2D eigenvalue weighted by Crippen LogP contribution is 2.66. The summed E-state index contributed by atoms with van der Waals surface area (Å²) in [6.07, 6.45) is 7.34. The van der Waals surface area contributed by atoms with Crippen LogP contribution in [-0.2, 0) is 25.4 Å². The van der Waals surface area contributed by atoms with Gasteiger partial charge in [-0.15, -0.1) is 12.4 Å². The molecule has 1 aromatic carbocycles. The van der Waals surface area contributed by atoms with Crippen LogP contribution in [0.4, 0.5) is 4.39 Å². The van der Waals surface area contributed by atoms with Gasteiger partial charge in [0.15, 0.2) is 4.77 Å². The van der Waals surface area contributed by atoms with E-state index in [-0.39, 0.29) is 23.6 Å². The van der Waals surface area contributed by atoms with Crippen LogP contribution in [0, 0.1) is 10.6 Å². The van der Waals surface area contributed by atoms with Gasteiger partial charge in [0.2, 0.25) is 0 Å². The molecule has 7 heteroatoms. The lowest BCUT2D eigenvalue weighted by molar-refractivity contribution is 0.519. The van der Waals surface area contributed by atoms with Gasteiger partial charge in [0.1, 0.15) is 5.82 Å². The zero-order chi connectivity index (χ0) is 18.8. The number of benzene rings is 1. The Morgan fingerprint density at radius 1 is 1.32 bits per heavy atom. The number of nitrogens with zero attached hydrogens (tertiary/aromatic N) is 2. The van der Waals surface area contributed by atoms with Gasteiger partial charge < -0.3 is 14.5 Å². The van der Waals surface area contributed by atoms with Crippen molar-refractivity contribution in [2.24, 2.45) is 7.05 Å². The summed E-state index contributed by atoms with van der Waals surface area (Å²) in [4.78, 5) is 0. The van der Waals surface area contributed by atoms with E-state index in [0.717, 1.165) is 40.7 Å². The second-order valence-corrected chi connectivity index (χ2v) is 9.76. The predicted octanol–water partition coefficient (Wildman–Crippen LogP) is 5.39. The van der Waals surface area contributed by atoms with Crippen LogP contribution in [0.2, 0.25) is 0 Å². The Hall–Kier alpha value is -0.690. The molecule has 3 aliphatic rings. The van der Waals surface area contributed by atoms with Crippen molar-refractivity contribution in [3.05, 3.63) is 50.2 Å². The lowest BCUT2D eigenvalue weighted by Gasteiger charge is -2.15. The SMILES string of the molecule is Cl.Cn1c(CCNC2CCCC2)c2n(c1=S)C[C@@]1(c3cc(Br)ccc3F)C[C@@H]21. The van der Waals surface area contributed by atoms with Gasteiger partial charge in [0.25, 0.3) is 0 Å². The molecule has 0 unspecified atom stereocenters. The van der Waals surface area contributed by atoms with Crippen LogP contribution >= 0.6 is 40.6 Å². The van der Waals surface area contributed by atoms with Gasteiger partial charge >= 0.3 is 0 Å². The molecule has 2 aromatic rings. The van der Waals surface area contributed by atoms with E-state index in [1.165, 1.54) is 37.1 Å². The molecular weight excluding hydrogens is 461 g/mol. The number of halogens is 3. The van der Waals surface area contributed by atoms with Crippen molar-refractivity contribution in [3.63, 3.8) is 0 Å². The number of imidazole rings is 1. The average molecular weight is 487 g/mol. The number of rotatable bonds is 5. The van der Waals surface area contributed by atoms with Crippen molar-refractivity contribution in [2.45, 2.75) is 62.4 Å². The summed E-state index contributed by atoms with van der Waals surface area (Å²) >= 11 is 9.25. The molecule has 2 atom stereocenters. The fourth-order valence-corrected chi connectivity index (χ4v) is 6.11. The second-order valence-electron chi connectivity index (χ2n) is 8.48. The van der Waals surface area contributed by atoms with Crippen molar-refractivity contribution in [2.75, 3.05) is 6.54 Å². The Morgan fingerprint density at radius 2 is 2.07 bits per heavy atom. The molecule has 0 radical (unpaired) electrons. The molecule has 1 aliphatic heterocycles. The van der Waals surface area contributed by atoms with E-state index < -0.39 is 0 Å². The third-order valence-electron chi connectivity index (χ3n) is 6.97. The molecule has 2 heterocycles. The minimum atomic E-state index is -0.0986. The molecule has 0 spiro atoms. The van der Waals surface area contributed by atoms with Crippen LogP contribution in [0.3, 0.4) is 0 Å². The van der Waals surface area contributed by atoms with Gasteiger partial charge in [0, 0.05) is 59.8 Å². The summed E-state index contributed by atoms with van der Waals surface area (Å²) in [7, 11) is 2.09. The maximum Gasteiger partial charge on any atom is 0.180 e. The van der Waals surface area contributed by atoms with Crippen LogP contribution in [-0.4, -0.2) is 21.7 Å². The maximum atomic E-state index is 14.6. The Bertz CT molecular complexity index is 965. The molecule has 2 aliphatic carbocycles. The van der Waals surface area contributed by atoms with Gasteiger partial charge in [-0.25, -0.2) is 4.39 Å². The molecule has 2 fully saturated rings. The summed E-state index contributed by atoms with van der Waals surface area (Å²) in [5.74, 6) is 0.303. The lowest BCUT2D eigenvalue weighted by atomic mass is 9.93. The molecular formula is C21H26BrClFN3S. The quantitative estimate of drug-likeness (QED) is 0.572. The molecule has 0 amide bonds. The standard InChI is InChI=1S/C21H25BrFN3S.ClH/c1-25-18(8-9-24-14-4-2-3-5-14)19-16-11-21(16,12-26(19)20(25)27)15-10-13(22)6-7-17(15)23;/h6-7,10,14,16,24H,2-5,8-9,11-12H2,1H3;1H/t16-,21+;/m0./s1. The van der Waals surface area contributed by atoms with Crippen LogP contribution in [0.15, 0.2) is 22.7 Å². The Labute approximate surface area is 185 Å². The summed E-state index contributed by atoms with van der Waals surface area (Å²) in [5.41, 5.74) is 3.44. The van der Waals surface area contributed by atoms with Crippen LogP contribution in [0.5, 0.6) is 0 Å². The van der Waals surface area contributed by atoms with Gasteiger partial charge in [-0.05, 0) is 55.2 Å². The zero-order valence-electron chi connectivity index (χ0n) is 16.0. The molecule has 0 bridgehead atoms. The first kappa shape index (κ1) is 20.6. The minimum Gasteiger partial charge on any atom is -0.324 e. The van der Waals surface area contributed by atoms with E-state index in [9.17, 15) is 4.39 Å². The Balaban J connectivity index is 0.00000192. The Kier molecular flexibility index (Phi) is 5.53. The van der Waals surface area contributed by atoms with Crippen LogP contribution in [0.25, 0.3) is 0 Å². The van der Waals surface area contributed by atoms with Crippen molar-refractivity contribution in [1.29, 1.82) is 0 Å². The first-order chi connectivity index (χ1) is 13.0. The Morgan fingerprint density at radius 3 is 2.82 bits per heavy atom. The van der Waals surface area contributed by atoms with E-state index in [4.69, 9.17) is 12.2 Å². The predicted molar refractivity (Wildman–Crippen MR) is 119 cm³/mol. The molecule has 28 heavy (non-hydrogen) atoms. The second kappa shape index (κ2) is 7.53. The van der Waals surface area contributed by atoms with E-state index >= 15 is 0 Å². The van der Waals surface area contributed by atoms with E-state index in [0.29, 0.717) is 12.0 Å². The van der Waals surface area contributed by atoms with Crippen molar-refractivity contribution in [1.82, 2.24) is 14.5 Å². The average Bonchev–Trinajstić information content (AvgIpc) is 2.97. The summed E-state index contributed by atoms with van der Waals surface area (Å²) in [5, 5.41) is 3.72. The maximum absolute atomic E-state index is 14.6. The first-order valence-corrected chi connectivity index (χ1v) is 11.2. The van der Waals surface area contributed by atoms with Crippen LogP contribution in [0.1, 0.15) is 55.0 Å². The summed E-state index contributed by atoms with van der Waals surface area (Å²) in [6.45, 7) is 1.80. The van der Waals surface area contributed by atoms with E-state index in [1.54, 1.807) is 12.1 Å². The van der Waals surface area contributed by atoms with Gasteiger partial charge in [-0.3, -0.25) is 0 Å². The van der Waals surface area contributed by atoms with E-state index in [1.807, 2.05) is 6.07 Å². The van der Waals surface area contributed by atoms with Crippen molar-refractivity contribution >= 4 is 40.6 Å². The van der Waals surface area contributed by atoms with Gasteiger partial charge in [0.05, 0.1) is 0 Å². The number of aromatic nitrogens is 2. The molecule has 2 saturated carbocycles. The normalized spacial score (nSPS) is 25.5. The third-order valence-corrected chi connectivity index (χ3v) is 7.96. The molecule has 1 aromatic heterocycles. The topological polar surface area (TPSA) is 21.9 Å². The molecule has 152 valence electrons. The summed E-state index contributed by atoms with van der Waals surface area (Å²) in [6, 6.07) is 6.01. The van der Waals surface area contributed by atoms with Gasteiger partial charge in [-0.2, -0.15) is 0 Å². The lowest BCUT2D eigenvalue weighted by Crippen LogP contribution is -2.28. The number of nitrogens with one attached hydrogen (secondary N) is 1. The fraction of sp³-hybridized carbons (Fsp3) is 0.571. The largest absolute Gasteiger partial charge is 0.324 e. The monoisotopic (exact) mass is 485 g/mol. The number of hydrogen-bond donors (Lipinski definition) is 1. The van der Waals surface area contributed by atoms with Crippen LogP contribution < -0.4 is 5.32 Å². The molecule has 5 rings (SSSR count). The van der Waals surface area contributed by atoms with E-state index in [2.05, 4.69) is 37.4 Å². The molecule has 3 nitrogen and oxygen atoms in total. The van der Waals surface area contributed by atoms with Gasteiger partial charge in [-0.1, -0.05) is 28.8 Å². The highest BCUT2D eigenvalue weighted by atomic mass is 79.9. The summed E-state index contributed by atoms with van der Waals surface area (Å²) < 4.78 is 20.9. The number of hydrogen-bond acceptors (Lipinski definition) is 2. The van der Waals surface area contributed by atoms with Crippen molar-refractivity contribution in [3.8, 4) is 0 Å². The molecule has 1 N–H and O–H groups in total. The zero-order valence-corrected chi connectivity index (χ0v) is 19.2. The van der Waals surface area contributed by atoms with Crippen molar-refractivity contribution < 1.29 is 4.39 Å². The number of fused-ring (bicyclic) bond motifs is 3. The fourth-order valence-electron chi connectivity index (χ4n) is 5.47. The first-order valence-electron chi connectivity index (χ1n) is 9.98.